The molecule has 2 aromatic heterocycles. The van der Waals surface area contributed by atoms with Gasteiger partial charge in [-0.2, -0.15) is 10.5 Å². The number of pyridine rings is 2. The number of aromatic nitrogens is 2. The molecule has 8 nitrogen and oxygen atoms in total. The molecule has 0 aliphatic rings. The summed E-state index contributed by atoms with van der Waals surface area (Å²) in [4.78, 5) is 29.9. The van der Waals surface area contributed by atoms with Crippen LogP contribution in [0.3, 0.4) is 0 Å². The molecule has 0 saturated heterocycles. The molecule has 0 saturated carbocycles. The minimum atomic E-state index is -0.814. The van der Waals surface area contributed by atoms with Gasteiger partial charge in [-0.25, -0.2) is 0 Å². The molecule has 4 aromatic rings. The number of H-pyrrole nitrogens is 2. The SMILES string of the molecule is N#Cc1c([O-])[nH]c(=O)c(SSc2c(-c3ccccc3)c(C#N)c([O-])[nH]c2=O)c1-c1ccccc1. The van der Waals surface area contributed by atoms with Gasteiger partial charge in [-0.15, -0.1) is 0 Å². The van der Waals surface area contributed by atoms with Crippen molar-refractivity contribution < 1.29 is 10.2 Å². The summed E-state index contributed by atoms with van der Waals surface area (Å²) in [5.74, 6) is -1.63. The van der Waals surface area contributed by atoms with Gasteiger partial charge in [0, 0.05) is 11.1 Å². The van der Waals surface area contributed by atoms with Gasteiger partial charge in [-0.3, -0.25) is 9.59 Å². The Balaban J connectivity index is 1.90. The summed E-state index contributed by atoms with van der Waals surface area (Å²) in [6.07, 6.45) is 0. The van der Waals surface area contributed by atoms with E-state index in [0.29, 0.717) is 11.1 Å². The third-order valence-corrected chi connectivity index (χ3v) is 7.28. The van der Waals surface area contributed by atoms with Crippen LogP contribution >= 0.6 is 21.6 Å². The van der Waals surface area contributed by atoms with E-state index in [1.807, 2.05) is 12.1 Å². The highest BCUT2D eigenvalue weighted by Crippen LogP contribution is 2.45. The Morgan fingerprint density at radius 3 is 1.32 bits per heavy atom. The largest absolute Gasteiger partial charge is 0.859 e. The number of benzene rings is 2. The highest BCUT2D eigenvalue weighted by atomic mass is 33.1. The quantitative estimate of drug-likeness (QED) is 0.409. The second-order valence-corrected chi connectivity index (χ2v) is 9.00. The molecule has 0 unspecified atom stereocenters. The Labute approximate surface area is 200 Å². The summed E-state index contributed by atoms with van der Waals surface area (Å²) in [5.41, 5.74) is -0.665. The monoisotopic (exact) mass is 484 g/mol. The molecule has 0 bridgehead atoms. The smallest absolute Gasteiger partial charge is 0.262 e. The van der Waals surface area contributed by atoms with Crippen LogP contribution in [0.1, 0.15) is 11.1 Å². The van der Waals surface area contributed by atoms with Crippen LogP contribution in [0.4, 0.5) is 0 Å². The zero-order chi connectivity index (χ0) is 24.2. The summed E-state index contributed by atoms with van der Waals surface area (Å²) in [6, 6.07) is 20.6. The molecule has 0 amide bonds. The number of nitrogens with zero attached hydrogens (tertiary/aromatic N) is 2. The zero-order valence-corrected chi connectivity index (χ0v) is 18.8. The molecule has 0 fully saturated rings. The lowest BCUT2D eigenvalue weighted by molar-refractivity contribution is -0.276. The molecule has 2 N–H and O–H groups in total. The number of hydrogen-bond donors (Lipinski definition) is 2. The maximum atomic E-state index is 12.8. The second kappa shape index (κ2) is 9.63. The van der Waals surface area contributed by atoms with Crippen molar-refractivity contribution in [2.45, 2.75) is 9.79 Å². The van der Waals surface area contributed by atoms with Crippen molar-refractivity contribution in [2.24, 2.45) is 0 Å². The average molecular weight is 485 g/mol. The molecule has 0 spiro atoms. The Morgan fingerprint density at radius 1 is 0.647 bits per heavy atom. The van der Waals surface area contributed by atoms with Crippen molar-refractivity contribution >= 4 is 21.6 Å². The summed E-state index contributed by atoms with van der Waals surface area (Å²) < 4.78 is 0. The van der Waals surface area contributed by atoms with Gasteiger partial charge in [0.1, 0.15) is 12.1 Å². The van der Waals surface area contributed by atoms with Crippen LogP contribution in [0.2, 0.25) is 0 Å². The summed E-state index contributed by atoms with van der Waals surface area (Å²) in [6.45, 7) is 0. The van der Waals surface area contributed by atoms with Crippen molar-refractivity contribution in [3.8, 4) is 46.2 Å². The fraction of sp³-hybridized carbons (Fsp3) is 0. The van der Waals surface area contributed by atoms with Gasteiger partial charge >= 0.3 is 0 Å². The molecule has 0 radical (unpaired) electrons. The molecule has 0 aliphatic heterocycles. The summed E-state index contributed by atoms with van der Waals surface area (Å²) >= 11 is 0. The van der Waals surface area contributed by atoms with E-state index in [9.17, 15) is 30.3 Å². The van der Waals surface area contributed by atoms with Crippen LogP contribution in [-0.4, -0.2) is 9.97 Å². The minimum Gasteiger partial charge on any atom is -0.859 e. The van der Waals surface area contributed by atoms with E-state index >= 15 is 0 Å². The number of aromatic amines is 2. The van der Waals surface area contributed by atoms with Gasteiger partial charge in [0.25, 0.3) is 11.1 Å². The van der Waals surface area contributed by atoms with E-state index < -0.39 is 22.9 Å². The molecular formula is C24H12N4O4S2-2. The first-order valence-corrected chi connectivity index (χ1v) is 11.8. The van der Waals surface area contributed by atoms with Crippen LogP contribution < -0.4 is 21.3 Å². The summed E-state index contributed by atoms with van der Waals surface area (Å²) in [5, 5.41) is 43.7. The van der Waals surface area contributed by atoms with Crippen LogP contribution in [0, 0.1) is 22.7 Å². The molecular weight excluding hydrogens is 472 g/mol. The Kier molecular flexibility index (Phi) is 6.46. The van der Waals surface area contributed by atoms with Gasteiger partial charge in [-0.1, -0.05) is 60.7 Å². The number of nitriles is 2. The lowest BCUT2D eigenvalue weighted by atomic mass is 10.0. The van der Waals surface area contributed by atoms with E-state index in [1.165, 1.54) is 0 Å². The van der Waals surface area contributed by atoms with Crippen LogP contribution in [-0.2, 0) is 0 Å². The van der Waals surface area contributed by atoms with E-state index in [4.69, 9.17) is 0 Å². The minimum absolute atomic E-state index is 0.0375. The van der Waals surface area contributed by atoms with Crippen LogP contribution in [0.15, 0.2) is 80.0 Å². The van der Waals surface area contributed by atoms with E-state index in [2.05, 4.69) is 9.97 Å². The third kappa shape index (κ3) is 4.16. The first kappa shape index (κ1) is 22.8. The normalized spacial score (nSPS) is 10.4. The molecule has 0 aliphatic carbocycles. The maximum Gasteiger partial charge on any atom is 0.262 e. The first-order valence-electron chi connectivity index (χ1n) is 9.66. The standard InChI is InChI=1S/C24H14N4O4S2/c25-11-15-17(13-7-3-1-4-8-13)19(23(31)27-21(15)29)33-34-20-18(14-9-5-2-6-10-14)16(12-26)22(30)28-24(20)32/h1-10H,(H2,27,29,31)(H2,28,30,32)/p-2. The molecule has 4 rings (SSSR count). The predicted molar refractivity (Wildman–Crippen MR) is 125 cm³/mol. The molecule has 34 heavy (non-hydrogen) atoms. The Bertz CT molecular complexity index is 1460. The number of hydrogen-bond acceptors (Lipinski definition) is 8. The van der Waals surface area contributed by atoms with Gasteiger partial charge in [-0.05, 0) is 44.5 Å². The van der Waals surface area contributed by atoms with Gasteiger partial charge < -0.3 is 20.2 Å². The molecule has 2 heterocycles. The zero-order valence-electron chi connectivity index (χ0n) is 17.1. The van der Waals surface area contributed by atoms with Crippen LogP contribution in [0.25, 0.3) is 22.3 Å². The first-order chi connectivity index (χ1) is 16.5. The van der Waals surface area contributed by atoms with Crippen molar-refractivity contribution in [3.63, 3.8) is 0 Å². The Morgan fingerprint density at radius 2 is 1.00 bits per heavy atom. The van der Waals surface area contributed by atoms with Crippen LogP contribution in [0.5, 0.6) is 11.8 Å². The number of rotatable bonds is 5. The molecule has 10 heteroatoms. The fourth-order valence-corrected chi connectivity index (χ4v) is 5.82. The topological polar surface area (TPSA) is 159 Å². The van der Waals surface area contributed by atoms with E-state index in [0.717, 1.165) is 21.6 Å². The van der Waals surface area contributed by atoms with Gasteiger partial charge in [0.15, 0.2) is 0 Å². The van der Waals surface area contributed by atoms with E-state index in [1.54, 1.807) is 60.7 Å². The fourth-order valence-electron chi connectivity index (χ4n) is 3.34. The summed E-state index contributed by atoms with van der Waals surface area (Å²) in [7, 11) is 1.72. The second-order valence-electron chi connectivity index (χ2n) is 6.85. The maximum absolute atomic E-state index is 12.8. The lowest BCUT2D eigenvalue weighted by Gasteiger charge is -2.18. The van der Waals surface area contributed by atoms with Gasteiger partial charge in [0.05, 0.1) is 20.9 Å². The van der Waals surface area contributed by atoms with Crippen molar-refractivity contribution in [1.29, 1.82) is 10.5 Å². The highest BCUT2D eigenvalue weighted by Gasteiger charge is 2.21. The van der Waals surface area contributed by atoms with E-state index in [-0.39, 0.29) is 32.0 Å². The highest BCUT2D eigenvalue weighted by molar-refractivity contribution is 8.76. The molecule has 166 valence electrons. The van der Waals surface area contributed by atoms with Crippen molar-refractivity contribution in [1.82, 2.24) is 9.97 Å². The predicted octanol–water partition coefficient (Wildman–Crippen LogP) is 3.09. The number of nitrogens with one attached hydrogen (secondary N) is 2. The van der Waals surface area contributed by atoms with Crippen molar-refractivity contribution in [2.75, 3.05) is 0 Å². The molecule has 2 aromatic carbocycles. The van der Waals surface area contributed by atoms with Crippen molar-refractivity contribution in [3.05, 3.63) is 92.5 Å². The third-order valence-electron chi connectivity index (χ3n) is 4.83. The Hall–Kier alpha value is -4.38. The van der Waals surface area contributed by atoms with Gasteiger partial charge in [0.2, 0.25) is 0 Å². The molecule has 0 atom stereocenters. The lowest BCUT2D eigenvalue weighted by Crippen LogP contribution is -2.16. The average Bonchev–Trinajstić information content (AvgIpc) is 2.84.